The maximum atomic E-state index is 12.6. The summed E-state index contributed by atoms with van der Waals surface area (Å²) in [7, 11) is -2.08. The van der Waals surface area contributed by atoms with Crippen molar-refractivity contribution >= 4 is 32.5 Å². The Hall–Kier alpha value is -2.02. The number of H-pyrrole nitrogens is 1. The molecule has 0 radical (unpaired) electrons. The molecule has 0 aliphatic heterocycles. The largest absolute Gasteiger partial charge is 0.497 e. The standard InChI is InChI=1S/C19H21ClN2O3S/c1-19(2,12-22-26(23,24)18-7-5-4-6-16(18)20)15-11-21-17-9-8-13(25-3)10-14(15)17/h4-11,21-22H,12H2,1-3H3. The van der Waals surface area contributed by atoms with Crippen LogP contribution in [0.15, 0.2) is 53.6 Å². The zero-order valence-electron chi connectivity index (χ0n) is 14.8. The van der Waals surface area contributed by atoms with Gasteiger partial charge in [0.05, 0.1) is 12.1 Å². The van der Waals surface area contributed by atoms with Crippen molar-refractivity contribution in [2.24, 2.45) is 0 Å². The SMILES string of the molecule is COc1ccc2[nH]cc(C(C)(C)CNS(=O)(=O)c3ccccc3Cl)c2c1. The highest BCUT2D eigenvalue weighted by molar-refractivity contribution is 7.89. The lowest BCUT2D eigenvalue weighted by atomic mass is 9.84. The van der Waals surface area contributed by atoms with Gasteiger partial charge >= 0.3 is 0 Å². The van der Waals surface area contributed by atoms with Crippen LogP contribution in [0, 0.1) is 0 Å². The van der Waals surface area contributed by atoms with Gasteiger partial charge < -0.3 is 9.72 Å². The van der Waals surface area contributed by atoms with E-state index in [-0.39, 0.29) is 16.5 Å². The first-order valence-corrected chi connectivity index (χ1v) is 10.0. The second kappa shape index (κ2) is 6.95. The Labute approximate surface area is 158 Å². The molecule has 3 aromatic rings. The summed E-state index contributed by atoms with van der Waals surface area (Å²) in [5.74, 6) is 0.755. The maximum Gasteiger partial charge on any atom is 0.242 e. The number of methoxy groups -OCH3 is 1. The number of fused-ring (bicyclic) bond motifs is 1. The molecule has 5 nitrogen and oxygen atoms in total. The second-order valence-corrected chi connectivity index (χ2v) is 8.90. The highest BCUT2D eigenvalue weighted by Crippen LogP contribution is 2.32. The lowest BCUT2D eigenvalue weighted by Crippen LogP contribution is -2.36. The molecular formula is C19H21ClN2O3S. The van der Waals surface area contributed by atoms with Gasteiger partial charge in [-0.1, -0.05) is 37.6 Å². The number of aromatic amines is 1. The predicted octanol–water partition coefficient (Wildman–Crippen LogP) is 4.09. The van der Waals surface area contributed by atoms with Crippen molar-refractivity contribution in [3.05, 3.63) is 59.2 Å². The van der Waals surface area contributed by atoms with E-state index in [1.54, 1.807) is 25.3 Å². The number of hydrogen-bond donors (Lipinski definition) is 2. The summed E-state index contributed by atoms with van der Waals surface area (Å²) >= 11 is 6.03. The normalized spacial score (nSPS) is 12.5. The van der Waals surface area contributed by atoms with Crippen LogP contribution < -0.4 is 9.46 Å². The van der Waals surface area contributed by atoms with Crippen molar-refractivity contribution in [2.75, 3.05) is 13.7 Å². The zero-order valence-corrected chi connectivity index (χ0v) is 16.4. The molecule has 0 amide bonds. The van der Waals surface area contributed by atoms with Crippen LogP contribution in [0.5, 0.6) is 5.75 Å². The third kappa shape index (κ3) is 3.58. The van der Waals surface area contributed by atoms with Gasteiger partial charge in [-0.25, -0.2) is 13.1 Å². The molecule has 0 spiro atoms. The lowest BCUT2D eigenvalue weighted by molar-refractivity contribution is 0.415. The van der Waals surface area contributed by atoms with Crippen LogP contribution in [0.3, 0.4) is 0 Å². The Morgan fingerprint density at radius 2 is 1.92 bits per heavy atom. The van der Waals surface area contributed by atoms with Gasteiger partial charge in [0.1, 0.15) is 10.6 Å². The van der Waals surface area contributed by atoms with Crippen molar-refractivity contribution in [1.82, 2.24) is 9.71 Å². The van der Waals surface area contributed by atoms with Crippen molar-refractivity contribution in [3.8, 4) is 5.75 Å². The first-order valence-electron chi connectivity index (χ1n) is 8.14. The van der Waals surface area contributed by atoms with Crippen molar-refractivity contribution in [2.45, 2.75) is 24.2 Å². The molecule has 7 heteroatoms. The van der Waals surface area contributed by atoms with E-state index < -0.39 is 15.4 Å². The molecule has 0 aliphatic rings. The Morgan fingerprint density at radius 3 is 2.62 bits per heavy atom. The minimum absolute atomic E-state index is 0.0815. The first-order chi connectivity index (χ1) is 12.2. The minimum Gasteiger partial charge on any atom is -0.497 e. The summed E-state index contributed by atoms with van der Waals surface area (Å²) in [6, 6.07) is 12.2. The maximum absolute atomic E-state index is 12.6. The molecular weight excluding hydrogens is 372 g/mol. The molecule has 1 heterocycles. The van der Waals surface area contributed by atoms with E-state index in [2.05, 4.69) is 9.71 Å². The molecule has 3 rings (SSSR count). The molecule has 0 saturated heterocycles. The molecule has 0 bridgehead atoms. The number of hydrogen-bond acceptors (Lipinski definition) is 3. The van der Waals surface area contributed by atoms with E-state index in [0.29, 0.717) is 0 Å². The highest BCUT2D eigenvalue weighted by atomic mass is 35.5. The summed E-state index contributed by atoms with van der Waals surface area (Å²) in [6.07, 6.45) is 1.91. The molecule has 1 aromatic heterocycles. The number of ether oxygens (including phenoxy) is 1. The fourth-order valence-corrected chi connectivity index (χ4v) is 4.63. The van der Waals surface area contributed by atoms with Crippen molar-refractivity contribution in [3.63, 3.8) is 0 Å². The Bertz CT molecular complexity index is 1040. The van der Waals surface area contributed by atoms with Crippen LogP contribution in [0.4, 0.5) is 0 Å². The summed E-state index contributed by atoms with van der Waals surface area (Å²) < 4.78 is 33.2. The minimum atomic E-state index is -3.70. The van der Waals surface area contributed by atoms with E-state index in [1.807, 2.05) is 38.2 Å². The zero-order chi connectivity index (χ0) is 18.9. The quantitative estimate of drug-likeness (QED) is 0.663. The van der Waals surface area contributed by atoms with Gasteiger partial charge in [-0.3, -0.25) is 0 Å². The summed E-state index contributed by atoms with van der Waals surface area (Å²) in [6.45, 7) is 4.21. The molecule has 0 atom stereocenters. The second-order valence-electron chi connectivity index (χ2n) is 6.75. The van der Waals surface area contributed by atoms with Crippen LogP contribution in [0.1, 0.15) is 19.4 Å². The number of halogens is 1. The molecule has 0 aliphatic carbocycles. The highest BCUT2D eigenvalue weighted by Gasteiger charge is 2.27. The summed E-state index contributed by atoms with van der Waals surface area (Å²) in [4.78, 5) is 3.31. The average Bonchev–Trinajstić information content (AvgIpc) is 3.04. The lowest BCUT2D eigenvalue weighted by Gasteiger charge is -2.25. The van der Waals surface area contributed by atoms with Crippen LogP contribution in [-0.2, 0) is 15.4 Å². The van der Waals surface area contributed by atoms with Gasteiger partial charge in [0.2, 0.25) is 10.0 Å². The Morgan fingerprint density at radius 1 is 1.19 bits per heavy atom. The van der Waals surface area contributed by atoms with Crippen molar-refractivity contribution in [1.29, 1.82) is 0 Å². The van der Waals surface area contributed by atoms with Gasteiger partial charge in [-0.15, -0.1) is 0 Å². The number of nitrogens with one attached hydrogen (secondary N) is 2. The van der Waals surface area contributed by atoms with Crippen molar-refractivity contribution < 1.29 is 13.2 Å². The Kier molecular flexibility index (Phi) is 5.01. The molecule has 0 fully saturated rings. The topological polar surface area (TPSA) is 71.2 Å². The van der Waals surface area contributed by atoms with E-state index in [4.69, 9.17) is 16.3 Å². The van der Waals surface area contributed by atoms with Crippen LogP contribution in [0.2, 0.25) is 5.02 Å². The number of aromatic nitrogens is 1. The van der Waals surface area contributed by atoms with Gasteiger partial charge in [-0.2, -0.15) is 0 Å². The molecule has 2 N–H and O–H groups in total. The molecule has 0 unspecified atom stereocenters. The fraction of sp³-hybridized carbons (Fsp3) is 0.263. The molecule has 138 valence electrons. The van der Waals surface area contributed by atoms with E-state index in [0.717, 1.165) is 22.2 Å². The molecule has 26 heavy (non-hydrogen) atoms. The smallest absolute Gasteiger partial charge is 0.242 e. The first kappa shape index (κ1) is 18.8. The number of benzene rings is 2. The number of sulfonamides is 1. The van der Waals surface area contributed by atoms with Crippen LogP contribution in [0.25, 0.3) is 10.9 Å². The van der Waals surface area contributed by atoms with Crippen LogP contribution >= 0.6 is 11.6 Å². The fourth-order valence-electron chi connectivity index (χ4n) is 2.90. The molecule has 0 saturated carbocycles. The van der Waals surface area contributed by atoms with E-state index in [9.17, 15) is 8.42 Å². The van der Waals surface area contributed by atoms with E-state index >= 15 is 0 Å². The third-order valence-electron chi connectivity index (χ3n) is 4.45. The monoisotopic (exact) mass is 392 g/mol. The summed E-state index contributed by atoms with van der Waals surface area (Å²) in [5, 5.41) is 1.21. The number of rotatable bonds is 6. The average molecular weight is 393 g/mol. The van der Waals surface area contributed by atoms with Gasteiger partial charge in [0.25, 0.3) is 0 Å². The van der Waals surface area contributed by atoms with E-state index in [1.165, 1.54) is 6.07 Å². The van der Waals surface area contributed by atoms with Gasteiger partial charge in [-0.05, 0) is 35.9 Å². The predicted molar refractivity (Wildman–Crippen MR) is 105 cm³/mol. The Balaban J connectivity index is 1.89. The van der Waals surface area contributed by atoms with Gasteiger partial charge in [0, 0.05) is 29.1 Å². The summed E-state index contributed by atoms with van der Waals surface area (Å²) in [5.41, 5.74) is 1.54. The molecule has 2 aromatic carbocycles. The van der Waals surface area contributed by atoms with Gasteiger partial charge in [0.15, 0.2) is 0 Å². The third-order valence-corrected chi connectivity index (χ3v) is 6.35. The van der Waals surface area contributed by atoms with Crippen LogP contribution in [-0.4, -0.2) is 27.1 Å².